The fourth-order valence-corrected chi connectivity index (χ4v) is 4.61. The van der Waals surface area contributed by atoms with Crippen molar-refractivity contribution in [1.82, 2.24) is 9.55 Å². The molecule has 0 saturated carbocycles. The minimum atomic E-state index is -0.315. The minimum absolute atomic E-state index is 0.137. The Morgan fingerprint density at radius 3 is 2.41 bits per heavy atom. The number of carbonyl (C=O) groups excluding carboxylic acids is 1. The topological polar surface area (TPSA) is 38.1 Å². The number of hydrogen-bond donors (Lipinski definition) is 0. The maximum absolute atomic E-state index is 13.3. The van der Waals surface area contributed by atoms with Crippen LogP contribution in [0.15, 0.2) is 53.3 Å². The molecule has 1 amide bonds. The second-order valence-electron chi connectivity index (χ2n) is 6.69. The lowest BCUT2D eigenvalue weighted by Crippen LogP contribution is -2.30. The van der Waals surface area contributed by atoms with E-state index >= 15 is 0 Å². The van der Waals surface area contributed by atoms with Gasteiger partial charge in [0.25, 0.3) is 5.91 Å². The Bertz CT molecular complexity index is 1030. The SMILES string of the molecule is CC(C)n1c(Br)nc2c1C(c1ccc(Cl)cc1)N(c1cccc(Cl)c1)C2=O. The van der Waals surface area contributed by atoms with Crippen LogP contribution in [0.3, 0.4) is 0 Å². The second kappa shape index (κ2) is 6.97. The molecule has 0 fully saturated rings. The third-order valence-corrected chi connectivity index (χ3v) is 5.68. The molecule has 4 rings (SSSR count). The summed E-state index contributed by atoms with van der Waals surface area (Å²) in [5.74, 6) is -0.146. The van der Waals surface area contributed by atoms with E-state index in [1.54, 1.807) is 17.0 Å². The maximum atomic E-state index is 13.3. The molecule has 0 N–H and O–H groups in total. The summed E-state index contributed by atoms with van der Waals surface area (Å²) in [7, 11) is 0. The van der Waals surface area contributed by atoms with Crippen LogP contribution < -0.4 is 4.90 Å². The van der Waals surface area contributed by atoms with E-state index in [4.69, 9.17) is 23.2 Å². The van der Waals surface area contributed by atoms with Crippen LogP contribution in [-0.2, 0) is 0 Å². The van der Waals surface area contributed by atoms with Crippen molar-refractivity contribution in [2.75, 3.05) is 4.90 Å². The Balaban J connectivity index is 1.96. The molecule has 0 aliphatic carbocycles. The fraction of sp³-hybridized carbons (Fsp3) is 0.200. The van der Waals surface area contributed by atoms with Gasteiger partial charge < -0.3 is 4.57 Å². The lowest BCUT2D eigenvalue weighted by atomic mass is 10.0. The number of halogens is 3. The van der Waals surface area contributed by atoms with E-state index in [1.807, 2.05) is 36.4 Å². The van der Waals surface area contributed by atoms with Crippen molar-refractivity contribution in [2.45, 2.75) is 25.9 Å². The molecule has 138 valence electrons. The van der Waals surface area contributed by atoms with E-state index in [9.17, 15) is 4.79 Å². The fourth-order valence-electron chi connectivity index (χ4n) is 3.52. The van der Waals surface area contributed by atoms with Crippen molar-refractivity contribution in [2.24, 2.45) is 0 Å². The van der Waals surface area contributed by atoms with E-state index in [-0.39, 0.29) is 18.0 Å². The van der Waals surface area contributed by atoms with E-state index < -0.39 is 0 Å². The van der Waals surface area contributed by atoms with Crippen LogP contribution in [0.5, 0.6) is 0 Å². The Kier molecular flexibility index (Phi) is 4.78. The molecule has 0 radical (unpaired) electrons. The van der Waals surface area contributed by atoms with Gasteiger partial charge in [-0.25, -0.2) is 4.98 Å². The standard InChI is InChI=1S/C20H16BrCl2N3O/c1-11(2)25-18-16(24-20(25)21)19(27)26(15-5-3-4-14(23)10-15)17(18)12-6-8-13(22)9-7-12/h3-11,17H,1-2H3. The summed E-state index contributed by atoms with van der Waals surface area (Å²) in [5, 5.41) is 1.23. The van der Waals surface area contributed by atoms with Crippen LogP contribution in [0.4, 0.5) is 5.69 Å². The molecular weight excluding hydrogens is 449 g/mol. The average Bonchev–Trinajstić information content (AvgIpc) is 3.09. The molecule has 2 aromatic carbocycles. The summed E-state index contributed by atoms with van der Waals surface area (Å²) in [6.45, 7) is 4.14. The molecule has 2 heterocycles. The monoisotopic (exact) mass is 463 g/mol. The zero-order chi connectivity index (χ0) is 19.3. The summed E-state index contributed by atoms with van der Waals surface area (Å²) in [5.41, 5.74) is 3.01. The first-order valence-corrected chi connectivity index (χ1v) is 10.1. The summed E-state index contributed by atoms with van der Waals surface area (Å²) in [6, 6.07) is 14.7. The molecule has 0 bridgehead atoms. The number of carbonyl (C=O) groups is 1. The molecule has 1 aliphatic rings. The quantitative estimate of drug-likeness (QED) is 0.457. The lowest BCUT2D eigenvalue weighted by Gasteiger charge is -2.28. The van der Waals surface area contributed by atoms with Crippen molar-refractivity contribution in [1.29, 1.82) is 0 Å². The number of benzene rings is 2. The summed E-state index contributed by atoms with van der Waals surface area (Å²) in [6.07, 6.45) is 0. The number of fused-ring (bicyclic) bond motifs is 1. The first-order valence-electron chi connectivity index (χ1n) is 8.50. The predicted molar refractivity (Wildman–Crippen MR) is 112 cm³/mol. The van der Waals surface area contributed by atoms with Gasteiger partial charge in [0.1, 0.15) is 6.04 Å². The van der Waals surface area contributed by atoms with E-state index in [0.717, 1.165) is 16.9 Å². The molecule has 1 aliphatic heterocycles. The largest absolute Gasteiger partial charge is 0.317 e. The highest BCUT2D eigenvalue weighted by atomic mass is 79.9. The molecule has 1 atom stereocenters. The third kappa shape index (κ3) is 3.08. The third-order valence-electron chi connectivity index (χ3n) is 4.63. The highest BCUT2D eigenvalue weighted by Gasteiger charge is 2.44. The first-order chi connectivity index (χ1) is 12.9. The molecule has 1 unspecified atom stereocenters. The predicted octanol–water partition coefficient (Wildman–Crippen LogP) is 6.28. The molecular formula is C20H16BrCl2N3O. The van der Waals surface area contributed by atoms with Crippen LogP contribution >= 0.6 is 39.1 Å². The molecule has 0 saturated heterocycles. The average molecular weight is 465 g/mol. The van der Waals surface area contributed by atoms with Gasteiger partial charge in [0.2, 0.25) is 0 Å². The number of rotatable bonds is 3. The number of amides is 1. The van der Waals surface area contributed by atoms with Gasteiger partial charge >= 0.3 is 0 Å². The minimum Gasteiger partial charge on any atom is -0.317 e. The smallest absolute Gasteiger partial charge is 0.279 e. The second-order valence-corrected chi connectivity index (χ2v) is 8.27. The van der Waals surface area contributed by atoms with Gasteiger partial charge in [-0.1, -0.05) is 41.4 Å². The van der Waals surface area contributed by atoms with Crippen LogP contribution in [0.25, 0.3) is 0 Å². The maximum Gasteiger partial charge on any atom is 0.279 e. The summed E-state index contributed by atoms with van der Waals surface area (Å²) >= 11 is 15.8. The first kappa shape index (κ1) is 18.5. The molecule has 3 aromatic rings. The Morgan fingerprint density at radius 1 is 1.07 bits per heavy atom. The van der Waals surface area contributed by atoms with E-state index in [1.165, 1.54) is 0 Å². The number of aromatic nitrogens is 2. The van der Waals surface area contributed by atoms with Crippen molar-refractivity contribution < 1.29 is 4.79 Å². The zero-order valence-electron chi connectivity index (χ0n) is 14.7. The van der Waals surface area contributed by atoms with Gasteiger partial charge in [0.15, 0.2) is 10.4 Å². The number of anilines is 1. The number of hydrogen-bond acceptors (Lipinski definition) is 2. The van der Waals surface area contributed by atoms with Gasteiger partial charge in [-0.15, -0.1) is 0 Å². The van der Waals surface area contributed by atoms with Crippen LogP contribution in [-0.4, -0.2) is 15.5 Å². The Morgan fingerprint density at radius 2 is 1.78 bits per heavy atom. The van der Waals surface area contributed by atoms with Crippen LogP contribution in [0.1, 0.15) is 47.7 Å². The van der Waals surface area contributed by atoms with Crippen LogP contribution in [0.2, 0.25) is 10.0 Å². The number of nitrogens with zero attached hydrogens (tertiary/aromatic N) is 3. The van der Waals surface area contributed by atoms with Gasteiger partial charge in [-0.2, -0.15) is 0 Å². The molecule has 7 heteroatoms. The zero-order valence-corrected chi connectivity index (χ0v) is 17.8. The highest BCUT2D eigenvalue weighted by molar-refractivity contribution is 9.10. The van der Waals surface area contributed by atoms with Crippen molar-refractivity contribution in [3.05, 3.63) is 80.3 Å². The van der Waals surface area contributed by atoms with Crippen molar-refractivity contribution in [3.8, 4) is 0 Å². The van der Waals surface area contributed by atoms with Gasteiger partial charge in [0, 0.05) is 21.8 Å². The van der Waals surface area contributed by atoms with E-state index in [0.29, 0.717) is 20.5 Å². The molecule has 0 spiro atoms. The van der Waals surface area contributed by atoms with Crippen LogP contribution in [0, 0.1) is 0 Å². The normalized spacial score (nSPS) is 16.3. The molecule has 4 nitrogen and oxygen atoms in total. The summed E-state index contributed by atoms with van der Waals surface area (Å²) < 4.78 is 2.71. The van der Waals surface area contributed by atoms with Gasteiger partial charge in [0.05, 0.1) is 5.69 Å². The summed E-state index contributed by atoms with van der Waals surface area (Å²) in [4.78, 5) is 19.6. The van der Waals surface area contributed by atoms with Crippen molar-refractivity contribution >= 4 is 50.7 Å². The molecule has 27 heavy (non-hydrogen) atoms. The van der Waals surface area contributed by atoms with Crippen molar-refractivity contribution in [3.63, 3.8) is 0 Å². The Hall–Kier alpha value is -1.82. The Labute approximate surface area is 175 Å². The van der Waals surface area contributed by atoms with Gasteiger partial charge in [-0.05, 0) is 65.7 Å². The highest BCUT2D eigenvalue weighted by Crippen LogP contribution is 2.44. The van der Waals surface area contributed by atoms with E-state index in [2.05, 4.69) is 39.3 Å². The molecule has 1 aromatic heterocycles. The number of imidazole rings is 1. The van der Waals surface area contributed by atoms with Gasteiger partial charge in [-0.3, -0.25) is 9.69 Å². The lowest BCUT2D eigenvalue weighted by molar-refractivity contribution is 0.0989.